The van der Waals surface area contributed by atoms with Gasteiger partial charge in [-0.1, -0.05) is 17.7 Å². The number of benzene rings is 1. The summed E-state index contributed by atoms with van der Waals surface area (Å²) in [5, 5.41) is 12.9. The highest BCUT2D eigenvalue weighted by atomic mass is 35.5. The fraction of sp³-hybridized carbons (Fsp3) is 0.400. The minimum Gasteiger partial charge on any atom is -0.503 e. The number of phenolic OH excluding ortho intramolecular Hbond substituents is 1. The number of hydrogen-bond acceptors (Lipinski definition) is 3. The molecule has 0 unspecified atom stereocenters. The molecule has 0 aliphatic carbocycles. The molecular formula is C10H14ClNO2. The normalized spacial score (nSPS) is 10.2. The minimum atomic E-state index is 0.0165. The van der Waals surface area contributed by atoms with Crippen LogP contribution in [0.15, 0.2) is 12.1 Å². The zero-order chi connectivity index (χ0) is 10.6. The van der Waals surface area contributed by atoms with Crippen molar-refractivity contribution in [1.82, 2.24) is 5.32 Å². The summed E-state index contributed by atoms with van der Waals surface area (Å²) in [6, 6.07) is 3.53. The van der Waals surface area contributed by atoms with Crippen LogP contribution in [0, 0.1) is 0 Å². The fourth-order valence-corrected chi connectivity index (χ4v) is 1.42. The van der Waals surface area contributed by atoms with Gasteiger partial charge in [0.15, 0.2) is 11.5 Å². The summed E-state index contributed by atoms with van der Waals surface area (Å²) in [5.41, 5.74) is 0.948. The van der Waals surface area contributed by atoms with E-state index in [0.29, 0.717) is 10.8 Å². The predicted octanol–water partition coefficient (Wildman–Crippen LogP) is 1.82. The number of aromatic hydroxyl groups is 1. The van der Waals surface area contributed by atoms with E-state index >= 15 is 0 Å². The molecule has 0 saturated carbocycles. The zero-order valence-electron chi connectivity index (χ0n) is 8.30. The third kappa shape index (κ3) is 2.30. The quantitative estimate of drug-likeness (QED) is 0.805. The summed E-state index contributed by atoms with van der Waals surface area (Å²) in [6.45, 7) is 0.831. The lowest BCUT2D eigenvalue weighted by atomic mass is 10.1. The molecule has 78 valence electrons. The molecule has 0 bridgehead atoms. The largest absolute Gasteiger partial charge is 0.503 e. The van der Waals surface area contributed by atoms with Crippen LogP contribution in [0.3, 0.4) is 0 Å². The molecular weight excluding hydrogens is 202 g/mol. The average molecular weight is 216 g/mol. The van der Waals surface area contributed by atoms with Gasteiger partial charge in [-0.2, -0.15) is 0 Å². The molecule has 2 N–H and O–H groups in total. The van der Waals surface area contributed by atoms with E-state index < -0.39 is 0 Å². The molecule has 1 aromatic carbocycles. The highest BCUT2D eigenvalue weighted by Crippen LogP contribution is 2.36. The molecule has 0 aromatic heterocycles. The van der Waals surface area contributed by atoms with Crippen LogP contribution >= 0.6 is 11.6 Å². The number of nitrogens with one attached hydrogen (secondary N) is 1. The van der Waals surface area contributed by atoms with E-state index in [-0.39, 0.29) is 5.75 Å². The fourth-order valence-electron chi connectivity index (χ4n) is 1.27. The average Bonchev–Trinajstić information content (AvgIpc) is 2.20. The van der Waals surface area contributed by atoms with E-state index in [1.54, 1.807) is 6.07 Å². The van der Waals surface area contributed by atoms with Gasteiger partial charge in [-0.05, 0) is 31.6 Å². The molecule has 0 aliphatic heterocycles. The highest BCUT2D eigenvalue weighted by Gasteiger charge is 2.11. The maximum atomic E-state index is 9.60. The molecule has 0 heterocycles. The first-order valence-electron chi connectivity index (χ1n) is 4.39. The molecule has 0 fully saturated rings. The maximum absolute atomic E-state index is 9.60. The van der Waals surface area contributed by atoms with Crippen molar-refractivity contribution < 1.29 is 9.84 Å². The van der Waals surface area contributed by atoms with Crippen LogP contribution in [0.1, 0.15) is 5.56 Å². The first-order valence-corrected chi connectivity index (χ1v) is 4.77. The number of methoxy groups -OCH3 is 1. The van der Waals surface area contributed by atoms with Gasteiger partial charge < -0.3 is 15.2 Å². The summed E-state index contributed by atoms with van der Waals surface area (Å²) in [7, 11) is 3.40. The van der Waals surface area contributed by atoms with E-state index in [0.717, 1.165) is 18.5 Å². The van der Waals surface area contributed by atoms with Crippen LogP contribution in [-0.2, 0) is 6.42 Å². The lowest BCUT2D eigenvalue weighted by molar-refractivity contribution is 0.369. The predicted molar refractivity (Wildman–Crippen MR) is 57.3 cm³/mol. The molecule has 1 aromatic rings. The van der Waals surface area contributed by atoms with Gasteiger partial charge in [-0.3, -0.25) is 0 Å². The molecule has 0 amide bonds. The molecule has 0 spiro atoms. The topological polar surface area (TPSA) is 41.5 Å². The van der Waals surface area contributed by atoms with Crippen molar-refractivity contribution in [2.75, 3.05) is 20.7 Å². The molecule has 1 rings (SSSR count). The molecule has 14 heavy (non-hydrogen) atoms. The second-order valence-electron chi connectivity index (χ2n) is 2.94. The van der Waals surface area contributed by atoms with Crippen LogP contribution in [0.2, 0.25) is 5.02 Å². The SMILES string of the molecule is CNCCc1ccc(Cl)c(O)c1OC. The van der Waals surface area contributed by atoms with E-state index in [2.05, 4.69) is 5.32 Å². The molecule has 3 nitrogen and oxygen atoms in total. The second kappa shape index (κ2) is 5.08. The monoisotopic (exact) mass is 215 g/mol. The van der Waals surface area contributed by atoms with Crippen LogP contribution < -0.4 is 10.1 Å². The summed E-state index contributed by atoms with van der Waals surface area (Å²) in [4.78, 5) is 0. The zero-order valence-corrected chi connectivity index (χ0v) is 9.06. The van der Waals surface area contributed by atoms with Crippen molar-refractivity contribution in [2.45, 2.75) is 6.42 Å². The van der Waals surface area contributed by atoms with Crippen molar-refractivity contribution in [2.24, 2.45) is 0 Å². The molecule has 0 saturated heterocycles. The van der Waals surface area contributed by atoms with Crippen molar-refractivity contribution in [3.05, 3.63) is 22.7 Å². The summed E-state index contributed by atoms with van der Waals surface area (Å²) >= 11 is 5.75. The molecule has 0 aliphatic rings. The van der Waals surface area contributed by atoms with Crippen LogP contribution in [0.4, 0.5) is 0 Å². The number of likely N-dealkylation sites (N-methyl/N-ethyl adjacent to an activating group) is 1. The third-order valence-electron chi connectivity index (χ3n) is 2.01. The van der Waals surface area contributed by atoms with Crippen molar-refractivity contribution in [3.8, 4) is 11.5 Å². The van der Waals surface area contributed by atoms with Crippen molar-refractivity contribution in [3.63, 3.8) is 0 Å². The number of ether oxygens (including phenoxy) is 1. The first-order chi connectivity index (χ1) is 6.70. The Bertz CT molecular complexity index is 315. The Morgan fingerprint density at radius 3 is 2.79 bits per heavy atom. The van der Waals surface area contributed by atoms with E-state index in [1.807, 2.05) is 13.1 Å². The van der Waals surface area contributed by atoms with Crippen molar-refractivity contribution in [1.29, 1.82) is 0 Å². The van der Waals surface area contributed by atoms with Crippen LogP contribution in [-0.4, -0.2) is 25.8 Å². The Labute approximate surface area is 88.7 Å². The number of rotatable bonds is 4. The second-order valence-corrected chi connectivity index (χ2v) is 3.35. The molecule has 4 heteroatoms. The van der Waals surface area contributed by atoms with Gasteiger partial charge >= 0.3 is 0 Å². The van der Waals surface area contributed by atoms with E-state index in [4.69, 9.17) is 16.3 Å². The number of hydrogen-bond donors (Lipinski definition) is 2. The lowest BCUT2D eigenvalue weighted by Gasteiger charge is -2.10. The number of phenols is 1. The van der Waals surface area contributed by atoms with Gasteiger partial charge in [-0.15, -0.1) is 0 Å². The standard InChI is InChI=1S/C10H14ClNO2/c1-12-6-5-7-3-4-8(11)9(13)10(7)14-2/h3-4,12-13H,5-6H2,1-2H3. The van der Waals surface area contributed by atoms with Crippen LogP contribution in [0.25, 0.3) is 0 Å². The minimum absolute atomic E-state index is 0.0165. The smallest absolute Gasteiger partial charge is 0.177 e. The van der Waals surface area contributed by atoms with Gasteiger partial charge in [0, 0.05) is 0 Å². The van der Waals surface area contributed by atoms with Gasteiger partial charge in [0.1, 0.15) is 0 Å². The van der Waals surface area contributed by atoms with E-state index in [1.165, 1.54) is 7.11 Å². The number of halogens is 1. The van der Waals surface area contributed by atoms with Gasteiger partial charge in [-0.25, -0.2) is 0 Å². The third-order valence-corrected chi connectivity index (χ3v) is 2.32. The summed E-state index contributed by atoms with van der Waals surface area (Å²) in [6.07, 6.45) is 0.796. The summed E-state index contributed by atoms with van der Waals surface area (Å²) < 4.78 is 5.09. The lowest BCUT2D eigenvalue weighted by Crippen LogP contribution is -2.10. The first kappa shape index (κ1) is 11.1. The Morgan fingerprint density at radius 2 is 2.21 bits per heavy atom. The molecule has 0 radical (unpaired) electrons. The highest BCUT2D eigenvalue weighted by molar-refractivity contribution is 6.32. The van der Waals surface area contributed by atoms with Gasteiger partial charge in [0.2, 0.25) is 0 Å². The summed E-state index contributed by atoms with van der Waals surface area (Å²) in [5.74, 6) is 0.482. The maximum Gasteiger partial charge on any atom is 0.177 e. The van der Waals surface area contributed by atoms with E-state index in [9.17, 15) is 5.11 Å². The van der Waals surface area contributed by atoms with Crippen molar-refractivity contribution >= 4 is 11.6 Å². The Morgan fingerprint density at radius 1 is 1.50 bits per heavy atom. The van der Waals surface area contributed by atoms with Gasteiger partial charge in [0.25, 0.3) is 0 Å². The Balaban J connectivity index is 2.98. The Hall–Kier alpha value is -0.930. The Kier molecular flexibility index (Phi) is 4.04. The molecule has 0 atom stereocenters. The van der Waals surface area contributed by atoms with Gasteiger partial charge in [0.05, 0.1) is 12.1 Å². The van der Waals surface area contributed by atoms with Crippen LogP contribution in [0.5, 0.6) is 11.5 Å².